The molecule has 0 amide bonds. The predicted octanol–water partition coefficient (Wildman–Crippen LogP) is 2.60. The molecular formula is C12H17F2NO2. The van der Waals surface area contributed by atoms with E-state index in [9.17, 15) is 13.9 Å². The highest BCUT2D eigenvalue weighted by Gasteiger charge is 2.14. The Labute approximate surface area is 99.4 Å². The third-order valence-electron chi connectivity index (χ3n) is 2.39. The molecule has 0 spiro atoms. The van der Waals surface area contributed by atoms with E-state index in [2.05, 4.69) is 4.98 Å². The Morgan fingerprint density at radius 3 is 2.88 bits per heavy atom. The molecule has 1 aromatic heterocycles. The van der Waals surface area contributed by atoms with Gasteiger partial charge in [0.2, 0.25) is 5.95 Å². The Morgan fingerprint density at radius 1 is 1.41 bits per heavy atom. The summed E-state index contributed by atoms with van der Waals surface area (Å²) in [6.45, 7) is 2.99. The van der Waals surface area contributed by atoms with E-state index in [0.29, 0.717) is 13.2 Å². The molecule has 5 heteroatoms. The summed E-state index contributed by atoms with van der Waals surface area (Å²) in [5.41, 5.74) is -0.0726. The van der Waals surface area contributed by atoms with Crippen molar-refractivity contribution in [1.29, 1.82) is 0 Å². The smallest absolute Gasteiger partial charge is 0.213 e. The minimum atomic E-state index is -1.06. The minimum Gasteiger partial charge on any atom is -0.388 e. The second-order valence-corrected chi connectivity index (χ2v) is 3.80. The molecule has 0 aliphatic rings. The van der Waals surface area contributed by atoms with Gasteiger partial charge in [-0.25, -0.2) is 9.37 Å². The number of aliphatic hydroxyl groups is 1. The van der Waals surface area contributed by atoms with Gasteiger partial charge in [0.05, 0.1) is 12.3 Å². The van der Waals surface area contributed by atoms with E-state index in [1.165, 1.54) is 0 Å². The zero-order valence-electron chi connectivity index (χ0n) is 9.83. The van der Waals surface area contributed by atoms with Gasteiger partial charge in [-0.1, -0.05) is 13.3 Å². The van der Waals surface area contributed by atoms with Crippen LogP contribution >= 0.6 is 0 Å². The van der Waals surface area contributed by atoms with Gasteiger partial charge in [-0.3, -0.25) is 0 Å². The summed E-state index contributed by atoms with van der Waals surface area (Å²) >= 11 is 0. The van der Waals surface area contributed by atoms with Crippen molar-refractivity contribution in [2.45, 2.75) is 32.3 Å². The topological polar surface area (TPSA) is 42.4 Å². The normalized spacial score (nSPS) is 12.7. The van der Waals surface area contributed by atoms with Crippen LogP contribution in [0.1, 0.15) is 37.9 Å². The lowest BCUT2D eigenvalue weighted by Crippen LogP contribution is -2.07. The summed E-state index contributed by atoms with van der Waals surface area (Å²) in [5.74, 6) is -1.50. The maximum absolute atomic E-state index is 13.2. The predicted molar refractivity (Wildman–Crippen MR) is 59.5 cm³/mol. The molecule has 0 aromatic carbocycles. The first-order chi connectivity index (χ1) is 8.15. The summed E-state index contributed by atoms with van der Waals surface area (Å²) in [6.07, 6.45) is 1.94. The summed E-state index contributed by atoms with van der Waals surface area (Å²) in [5, 5.41) is 9.67. The van der Waals surface area contributed by atoms with Crippen molar-refractivity contribution in [2.75, 3.05) is 13.2 Å². The first kappa shape index (κ1) is 14.0. The van der Waals surface area contributed by atoms with Crippen molar-refractivity contribution in [3.8, 4) is 0 Å². The SMILES string of the molecule is CCCCOCCC(O)c1cc(F)ncc1F. The van der Waals surface area contributed by atoms with Gasteiger partial charge in [-0.2, -0.15) is 4.39 Å². The van der Waals surface area contributed by atoms with Crippen LogP contribution in [0.5, 0.6) is 0 Å². The highest BCUT2D eigenvalue weighted by atomic mass is 19.1. The number of hydrogen-bond acceptors (Lipinski definition) is 3. The lowest BCUT2D eigenvalue weighted by molar-refractivity contribution is 0.0787. The average molecular weight is 245 g/mol. The zero-order chi connectivity index (χ0) is 12.7. The van der Waals surface area contributed by atoms with E-state index < -0.39 is 17.9 Å². The van der Waals surface area contributed by atoms with Crippen LogP contribution in [0.4, 0.5) is 8.78 Å². The second kappa shape index (κ2) is 7.29. The van der Waals surface area contributed by atoms with Gasteiger partial charge in [-0.15, -0.1) is 0 Å². The van der Waals surface area contributed by atoms with Gasteiger partial charge >= 0.3 is 0 Å². The average Bonchev–Trinajstić information content (AvgIpc) is 2.32. The number of aliphatic hydroxyl groups excluding tert-OH is 1. The van der Waals surface area contributed by atoms with Gasteiger partial charge in [0.15, 0.2) is 0 Å². The number of aromatic nitrogens is 1. The third-order valence-corrected chi connectivity index (χ3v) is 2.39. The fraction of sp³-hybridized carbons (Fsp3) is 0.583. The summed E-state index contributed by atoms with van der Waals surface area (Å²) in [4.78, 5) is 3.16. The molecule has 1 rings (SSSR count). The largest absolute Gasteiger partial charge is 0.388 e. The molecule has 96 valence electrons. The number of unbranched alkanes of at least 4 members (excludes halogenated alkanes) is 1. The number of pyridine rings is 1. The van der Waals surface area contributed by atoms with Crippen LogP contribution in [0.15, 0.2) is 12.3 Å². The Hall–Kier alpha value is -1.07. The van der Waals surface area contributed by atoms with Gasteiger partial charge in [0.25, 0.3) is 0 Å². The summed E-state index contributed by atoms with van der Waals surface area (Å²) in [7, 11) is 0. The monoisotopic (exact) mass is 245 g/mol. The van der Waals surface area contributed by atoms with Gasteiger partial charge in [0, 0.05) is 31.3 Å². The van der Waals surface area contributed by atoms with Crippen molar-refractivity contribution in [3.05, 3.63) is 29.6 Å². The molecule has 1 heterocycles. The third kappa shape index (κ3) is 4.75. The molecule has 17 heavy (non-hydrogen) atoms. The Bertz CT molecular complexity index is 347. The molecule has 0 aliphatic heterocycles. The number of rotatable bonds is 7. The fourth-order valence-corrected chi connectivity index (χ4v) is 1.38. The number of halogens is 2. The zero-order valence-corrected chi connectivity index (χ0v) is 9.83. The summed E-state index contributed by atoms with van der Waals surface area (Å²) in [6, 6.07) is 0.909. The van der Waals surface area contributed by atoms with Crippen LogP contribution in [0.3, 0.4) is 0 Å². The van der Waals surface area contributed by atoms with Crippen LogP contribution in [-0.2, 0) is 4.74 Å². The van der Waals surface area contributed by atoms with Crippen molar-refractivity contribution < 1.29 is 18.6 Å². The highest BCUT2D eigenvalue weighted by Crippen LogP contribution is 2.19. The maximum atomic E-state index is 13.2. The summed E-state index contributed by atoms with van der Waals surface area (Å²) < 4.78 is 31.2. The van der Waals surface area contributed by atoms with Crippen LogP contribution in [0.25, 0.3) is 0 Å². The highest BCUT2D eigenvalue weighted by molar-refractivity contribution is 5.16. The van der Waals surface area contributed by atoms with Crippen LogP contribution in [0.2, 0.25) is 0 Å². The first-order valence-corrected chi connectivity index (χ1v) is 5.72. The van der Waals surface area contributed by atoms with Gasteiger partial charge in [-0.05, 0) is 6.42 Å². The molecule has 1 unspecified atom stereocenters. The second-order valence-electron chi connectivity index (χ2n) is 3.80. The molecule has 1 atom stereocenters. The van der Waals surface area contributed by atoms with Crippen LogP contribution < -0.4 is 0 Å². The molecule has 1 aromatic rings. The Kier molecular flexibility index (Phi) is 6.00. The lowest BCUT2D eigenvalue weighted by atomic mass is 10.1. The molecule has 0 saturated carbocycles. The standard InChI is InChI=1S/C12H17F2NO2/c1-2-3-5-17-6-4-11(16)9-7-12(14)15-8-10(9)13/h7-8,11,16H,2-6H2,1H3. The first-order valence-electron chi connectivity index (χ1n) is 5.72. The van der Waals surface area contributed by atoms with E-state index in [1.54, 1.807) is 0 Å². The molecular weight excluding hydrogens is 228 g/mol. The van der Waals surface area contributed by atoms with Crippen molar-refractivity contribution >= 4 is 0 Å². The van der Waals surface area contributed by atoms with Crippen LogP contribution in [0, 0.1) is 11.8 Å². The Morgan fingerprint density at radius 2 is 2.18 bits per heavy atom. The lowest BCUT2D eigenvalue weighted by Gasteiger charge is -2.11. The maximum Gasteiger partial charge on any atom is 0.213 e. The van der Waals surface area contributed by atoms with Crippen molar-refractivity contribution in [1.82, 2.24) is 4.98 Å². The molecule has 0 saturated heterocycles. The van der Waals surface area contributed by atoms with E-state index >= 15 is 0 Å². The molecule has 3 nitrogen and oxygen atoms in total. The van der Waals surface area contributed by atoms with E-state index in [-0.39, 0.29) is 12.0 Å². The van der Waals surface area contributed by atoms with Crippen molar-refractivity contribution in [2.24, 2.45) is 0 Å². The number of hydrogen-bond donors (Lipinski definition) is 1. The Balaban J connectivity index is 2.41. The fourth-order valence-electron chi connectivity index (χ4n) is 1.38. The van der Waals surface area contributed by atoms with E-state index in [4.69, 9.17) is 4.74 Å². The molecule has 0 bridgehead atoms. The quantitative estimate of drug-likeness (QED) is 0.593. The van der Waals surface area contributed by atoms with Gasteiger partial charge < -0.3 is 9.84 Å². The molecule has 1 N–H and O–H groups in total. The van der Waals surface area contributed by atoms with Crippen LogP contribution in [-0.4, -0.2) is 23.3 Å². The number of nitrogens with zero attached hydrogens (tertiary/aromatic N) is 1. The van der Waals surface area contributed by atoms with Crippen molar-refractivity contribution in [3.63, 3.8) is 0 Å². The molecule has 0 aliphatic carbocycles. The number of ether oxygens (including phenoxy) is 1. The van der Waals surface area contributed by atoms with E-state index in [0.717, 1.165) is 25.1 Å². The minimum absolute atomic E-state index is 0.0726. The molecule has 0 radical (unpaired) electrons. The molecule has 0 fully saturated rings. The van der Waals surface area contributed by atoms with Gasteiger partial charge in [0.1, 0.15) is 5.82 Å². The van der Waals surface area contributed by atoms with E-state index in [1.807, 2.05) is 6.92 Å².